The van der Waals surface area contributed by atoms with E-state index in [9.17, 15) is 9.59 Å². The van der Waals surface area contributed by atoms with Gasteiger partial charge in [-0.15, -0.1) is 0 Å². The Kier molecular flexibility index (Phi) is 3.34. The van der Waals surface area contributed by atoms with Gasteiger partial charge in [0.25, 0.3) is 0 Å². The Hall–Kier alpha value is -0.950. The summed E-state index contributed by atoms with van der Waals surface area (Å²) in [6.45, 7) is 0.608. The SMILES string of the molecule is COC(=O)c1sc(N2CC(Br)CC2=O)nc1C1CC1. The van der Waals surface area contributed by atoms with Crippen molar-refractivity contribution in [1.29, 1.82) is 0 Å². The Labute approximate surface area is 123 Å². The van der Waals surface area contributed by atoms with E-state index >= 15 is 0 Å². The Morgan fingerprint density at radius 1 is 1.53 bits per heavy atom. The third-order valence-electron chi connectivity index (χ3n) is 3.29. The number of nitrogens with zero attached hydrogens (tertiary/aromatic N) is 2. The molecule has 2 aliphatic rings. The molecule has 0 N–H and O–H groups in total. The minimum absolute atomic E-state index is 0.0504. The fraction of sp³-hybridized carbons (Fsp3) is 0.583. The Morgan fingerprint density at radius 2 is 2.26 bits per heavy atom. The van der Waals surface area contributed by atoms with E-state index in [2.05, 4.69) is 20.9 Å². The molecule has 1 unspecified atom stereocenters. The number of halogens is 1. The maximum absolute atomic E-state index is 11.9. The Balaban J connectivity index is 1.94. The molecule has 1 amide bonds. The van der Waals surface area contributed by atoms with E-state index in [0.717, 1.165) is 18.5 Å². The van der Waals surface area contributed by atoms with Crippen molar-refractivity contribution in [1.82, 2.24) is 4.98 Å². The molecule has 1 atom stereocenters. The van der Waals surface area contributed by atoms with Crippen LogP contribution in [0.2, 0.25) is 0 Å². The average molecular weight is 345 g/mol. The zero-order chi connectivity index (χ0) is 13.6. The van der Waals surface area contributed by atoms with Crippen LogP contribution in [0.15, 0.2) is 0 Å². The molecule has 3 rings (SSSR count). The first-order chi connectivity index (χ1) is 9.10. The summed E-state index contributed by atoms with van der Waals surface area (Å²) in [4.78, 5) is 30.5. The van der Waals surface area contributed by atoms with Gasteiger partial charge in [-0.1, -0.05) is 27.3 Å². The van der Waals surface area contributed by atoms with Crippen LogP contribution in [0.3, 0.4) is 0 Å². The zero-order valence-corrected chi connectivity index (χ0v) is 12.8. The highest BCUT2D eigenvalue weighted by atomic mass is 79.9. The van der Waals surface area contributed by atoms with E-state index in [-0.39, 0.29) is 16.7 Å². The smallest absolute Gasteiger partial charge is 0.350 e. The number of methoxy groups -OCH3 is 1. The Bertz CT molecular complexity index is 541. The molecule has 1 aliphatic carbocycles. The summed E-state index contributed by atoms with van der Waals surface area (Å²) >= 11 is 4.71. The molecule has 2 fully saturated rings. The lowest BCUT2D eigenvalue weighted by Crippen LogP contribution is -2.24. The molecule has 0 radical (unpaired) electrons. The summed E-state index contributed by atoms with van der Waals surface area (Å²) in [6, 6.07) is 0. The van der Waals surface area contributed by atoms with Crippen molar-refractivity contribution in [3.05, 3.63) is 10.6 Å². The van der Waals surface area contributed by atoms with E-state index in [1.165, 1.54) is 18.4 Å². The highest BCUT2D eigenvalue weighted by Gasteiger charge is 2.36. The van der Waals surface area contributed by atoms with E-state index in [0.29, 0.717) is 28.9 Å². The lowest BCUT2D eigenvalue weighted by atomic mass is 10.2. The van der Waals surface area contributed by atoms with Gasteiger partial charge in [-0.2, -0.15) is 0 Å². The molecule has 7 heteroatoms. The van der Waals surface area contributed by atoms with E-state index < -0.39 is 0 Å². The number of hydrogen-bond acceptors (Lipinski definition) is 5. The topological polar surface area (TPSA) is 59.5 Å². The minimum Gasteiger partial charge on any atom is -0.465 e. The average Bonchev–Trinajstić information content (AvgIpc) is 3.05. The first-order valence-corrected chi connectivity index (χ1v) is 7.87. The van der Waals surface area contributed by atoms with Crippen molar-refractivity contribution < 1.29 is 14.3 Å². The summed E-state index contributed by atoms with van der Waals surface area (Å²) in [6.07, 6.45) is 2.59. The standard InChI is InChI=1S/C12H13BrN2O3S/c1-18-11(17)10-9(6-2-3-6)14-12(19-10)15-5-7(13)4-8(15)16/h6-7H,2-5H2,1H3. The van der Waals surface area contributed by atoms with Crippen LogP contribution in [0.5, 0.6) is 0 Å². The van der Waals surface area contributed by atoms with Crippen LogP contribution in [0.25, 0.3) is 0 Å². The molecule has 0 bridgehead atoms. The monoisotopic (exact) mass is 344 g/mol. The first kappa shape index (κ1) is 13.1. The molecule has 1 aromatic rings. The van der Waals surface area contributed by atoms with Crippen LogP contribution in [-0.2, 0) is 9.53 Å². The van der Waals surface area contributed by atoms with Crippen LogP contribution in [-0.4, -0.2) is 35.3 Å². The number of aromatic nitrogens is 1. The number of carbonyl (C=O) groups is 2. The number of amides is 1. The van der Waals surface area contributed by atoms with Crippen molar-refractivity contribution in [2.24, 2.45) is 0 Å². The summed E-state index contributed by atoms with van der Waals surface area (Å²) in [7, 11) is 1.37. The predicted octanol–water partition coefficient (Wildman–Crippen LogP) is 2.31. The number of thiazole rings is 1. The molecule has 1 aromatic heterocycles. The van der Waals surface area contributed by atoms with Crippen LogP contribution in [0.1, 0.15) is 40.5 Å². The van der Waals surface area contributed by atoms with Gasteiger partial charge in [0.1, 0.15) is 4.88 Å². The lowest BCUT2D eigenvalue weighted by Gasteiger charge is -2.10. The van der Waals surface area contributed by atoms with Gasteiger partial charge in [0.15, 0.2) is 5.13 Å². The summed E-state index contributed by atoms with van der Waals surface area (Å²) in [5, 5.41) is 0.620. The molecule has 0 spiro atoms. The molecule has 1 saturated heterocycles. The van der Waals surface area contributed by atoms with Crippen molar-refractivity contribution in [3.63, 3.8) is 0 Å². The lowest BCUT2D eigenvalue weighted by molar-refractivity contribution is -0.117. The van der Waals surface area contributed by atoms with Crippen LogP contribution in [0, 0.1) is 0 Å². The summed E-state index contributed by atoms with van der Waals surface area (Å²) in [5.41, 5.74) is 0.803. The molecule has 102 valence electrons. The maximum Gasteiger partial charge on any atom is 0.350 e. The van der Waals surface area contributed by atoms with Gasteiger partial charge in [-0.25, -0.2) is 9.78 Å². The zero-order valence-electron chi connectivity index (χ0n) is 10.4. The first-order valence-electron chi connectivity index (χ1n) is 6.13. The van der Waals surface area contributed by atoms with Gasteiger partial charge in [0.2, 0.25) is 5.91 Å². The normalized spacial score (nSPS) is 22.9. The number of carbonyl (C=O) groups excluding carboxylic acids is 2. The highest BCUT2D eigenvalue weighted by molar-refractivity contribution is 9.09. The molecule has 0 aromatic carbocycles. The second-order valence-corrected chi connectivity index (χ2v) is 7.05. The molecule has 19 heavy (non-hydrogen) atoms. The number of rotatable bonds is 3. The number of hydrogen-bond donors (Lipinski definition) is 0. The van der Waals surface area contributed by atoms with Crippen LogP contribution in [0.4, 0.5) is 5.13 Å². The van der Waals surface area contributed by atoms with Gasteiger partial charge in [-0.3, -0.25) is 9.69 Å². The fourth-order valence-electron chi connectivity index (χ4n) is 2.16. The van der Waals surface area contributed by atoms with Crippen molar-refractivity contribution >= 4 is 44.3 Å². The molecular weight excluding hydrogens is 332 g/mol. The Morgan fingerprint density at radius 3 is 2.79 bits per heavy atom. The highest BCUT2D eigenvalue weighted by Crippen LogP contribution is 2.44. The largest absolute Gasteiger partial charge is 0.465 e. The maximum atomic E-state index is 11.9. The van der Waals surface area contributed by atoms with Crippen molar-refractivity contribution in [2.45, 2.75) is 30.0 Å². The van der Waals surface area contributed by atoms with Crippen LogP contribution >= 0.6 is 27.3 Å². The van der Waals surface area contributed by atoms with Gasteiger partial charge in [0.05, 0.1) is 12.8 Å². The number of anilines is 1. The number of esters is 1. The third-order valence-corrected chi connectivity index (χ3v) is 4.97. The minimum atomic E-state index is -0.354. The van der Waals surface area contributed by atoms with Crippen molar-refractivity contribution in [3.8, 4) is 0 Å². The number of alkyl halides is 1. The van der Waals surface area contributed by atoms with Crippen molar-refractivity contribution in [2.75, 3.05) is 18.6 Å². The van der Waals surface area contributed by atoms with E-state index in [1.807, 2.05) is 0 Å². The van der Waals surface area contributed by atoms with Gasteiger partial charge >= 0.3 is 5.97 Å². The summed E-state index contributed by atoms with van der Waals surface area (Å²) < 4.78 is 4.80. The third kappa shape index (κ3) is 2.41. The van der Waals surface area contributed by atoms with Gasteiger partial charge < -0.3 is 4.74 Å². The molecule has 1 saturated carbocycles. The predicted molar refractivity (Wildman–Crippen MR) is 75.1 cm³/mol. The molecule has 1 aliphatic heterocycles. The quantitative estimate of drug-likeness (QED) is 0.623. The fourth-order valence-corrected chi connectivity index (χ4v) is 3.82. The molecular formula is C12H13BrN2O3S. The van der Waals surface area contributed by atoms with E-state index in [4.69, 9.17) is 4.74 Å². The second kappa shape index (κ2) is 4.86. The molecule has 5 nitrogen and oxygen atoms in total. The van der Waals surface area contributed by atoms with E-state index in [1.54, 1.807) is 4.90 Å². The van der Waals surface area contributed by atoms with Crippen LogP contribution < -0.4 is 4.90 Å². The molecule has 2 heterocycles. The number of ether oxygens (including phenoxy) is 1. The van der Waals surface area contributed by atoms with Gasteiger partial charge in [0, 0.05) is 23.7 Å². The summed E-state index contributed by atoms with van der Waals surface area (Å²) in [5.74, 6) is 0.0543. The second-order valence-electron chi connectivity index (χ2n) is 4.78. The van der Waals surface area contributed by atoms with Gasteiger partial charge in [-0.05, 0) is 12.8 Å².